The molecule has 1 atom stereocenters. The van der Waals surface area contributed by atoms with Crippen LogP contribution in [0.1, 0.15) is 18.9 Å². The Morgan fingerprint density at radius 2 is 2.05 bits per heavy atom. The largest absolute Gasteiger partial charge is 0.381 e. The van der Waals surface area contributed by atoms with Crippen molar-refractivity contribution in [1.82, 2.24) is 14.5 Å². The Labute approximate surface area is 119 Å². The predicted molar refractivity (Wildman–Crippen MR) is 76.1 cm³/mol. The van der Waals surface area contributed by atoms with Crippen LogP contribution in [-0.2, 0) is 16.1 Å². The lowest BCUT2D eigenvalue weighted by Gasteiger charge is -2.21. The van der Waals surface area contributed by atoms with E-state index in [2.05, 4.69) is 10.6 Å². The van der Waals surface area contributed by atoms with Crippen molar-refractivity contribution in [2.45, 2.75) is 25.4 Å². The first-order valence-corrected chi connectivity index (χ1v) is 6.98. The van der Waals surface area contributed by atoms with E-state index in [0.717, 1.165) is 16.7 Å². The Bertz CT molecular complexity index is 833. The minimum absolute atomic E-state index is 0.187. The Balaban J connectivity index is 1.96. The maximum absolute atomic E-state index is 12.7. The third-order valence-electron chi connectivity index (χ3n) is 4.15. The normalized spacial score (nSPS) is 21.2. The van der Waals surface area contributed by atoms with Gasteiger partial charge in [-0.1, -0.05) is 6.07 Å². The Kier molecular flexibility index (Phi) is 2.44. The van der Waals surface area contributed by atoms with Crippen LogP contribution in [0.2, 0.25) is 0 Å². The second-order valence-electron chi connectivity index (χ2n) is 5.37. The van der Waals surface area contributed by atoms with Gasteiger partial charge in [0.25, 0.3) is 0 Å². The second kappa shape index (κ2) is 4.21. The summed E-state index contributed by atoms with van der Waals surface area (Å²) in [6.07, 6.45) is 0.620. The lowest BCUT2D eigenvalue weighted by atomic mass is 10.1. The number of nitrogens with zero attached hydrogens (tertiary/aromatic N) is 2. The molecule has 1 aromatic heterocycles. The number of benzene rings is 1. The molecule has 0 spiro atoms. The molecule has 0 bridgehead atoms. The number of imidazole rings is 1. The Hall–Kier alpha value is -2.57. The number of para-hydroxylation sites is 1. The number of carbonyl (C=O) groups excluding carboxylic acids is 2. The quantitative estimate of drug-likeness (QED) is 0.734. The van der Waals surface area contributed by atoms with Crippen LogP contribution in [0.3, 0.4) is 0 Å². The van der Waals surface area contributed by atoms with E-state index in [4.69, 9.17) is 0 Å². The summed E-state index contributed by atoms with van der Waals surface area (Å²) in [5.74, 6) is -0.676. The van der Waals surface area contributed by atoms with Crippen molar-refractivity contribution < 1.29 is 9.59 Å². The number of nitrogens with one attached hydrogen (secondary N) is 2. The zero-order valence-corrected chi connectivity index (χ0v) is 11.3. The molecular formula is C14H14N4O3. The highest BCUT2D eigenvalue weighted by Crippen LogP contribution is 2.29. The van der Waals surface area contributed by atoms with Crippen molar-refractivity contribution in [1.29, 1.82) is 0 Å². The molecule has 1 unspecified atom stereocenters. The van der Waals surface area contributed by atoms with E-state index in [1.807, 2.05) is 18.2 Å². The molecule has 2 aromatic rings. The summed E-state index contributed by atoms with van der Waals surface area (Å²) in [6, 6.07) is 5.01. The van der Waals surface area contributed by atoms with E-state index in [0.29, 0.717) is 19.5 Å². The number of hydrogen-bond donors (Lipinski definition) is 2. The molecule has 1 saturated heterocycles. The summed E-state index contributed by atoms with van der Waals surface area (Å²) in [5.41, 5.74) is 2.29. The number of anilines is 1. The molecule has 108 valence electrons. The molecule has 0 aliphatic carbocycles. The molecule has 3 heterocycles. The van der Waals surface area contributed by atoms with Crippen LogP contribution in [0, 0.1) is 0 Å². The first-order chi connectivity index (χ1) is 10.2. The van der Waals surface area contributed by atoms with Crippen LogP contribution < -0.4 is 16.3 Å². The van der Waals surface area contributed by atoms with Gasteiger partial charge in [-0.2, -0.15) is 0 Å². The van der Waals surface area contributed by atoms with Crippen molar-refractivity contribution in [2.24, 2.45) is 0 Å². The van der Waals surface area contributed by atoms with Gasteiger partial charge in [0.1, 0.15) is 6.04 Å². The Morgan fingerprint density at radius 3 is 2.86 bits per heavy atom. The lowest BCUT2D eigenvalue weighted by molar-refractivity contribution is -0.135. The molecule has 1 aromatic carbocycles. The Morgan fingerprint density at radius 1 is 1.19 bits per heavy atom. The van der Waals surface area contributed by atoms with Crippen molar-refractivity contribution >= 4 is 28.5 Å². The summed E-state index contributed by atoms with van der Waals surface area (Å²) in [7, 11) is 0. The molecule has 2 amide bonds. The molecule has 1 fully saturated rings. The number of piperidine rings is 1. The first kappa shape index (κ1) is 12.2. The summed E-state index contributed by atoms with van der Waals surface area (Å²) in [5, 5.41) is 5.58. The molecule has 2 aliphatic heterocycles. The highest BCUT2D eigenvalue weighted by molar-refractivity contribution is 6.00. The van der Waals surface area contributed by atoms with E-state index in [-0.39, 0.29) is 18.0 Å². The van der Waals surface area contributed by atoms with Crippen LogP contribution in [0.15, 0.2) is 23.0 Å². The van der Waals surface area contributed by atoms with E-state index in [9.17, 15) is 14.4 Å². The maximum atomic E-state index is 12.7. The minimum Gasteiger partial charge on any atom is -0.381 e. The smallest absolute Gasteiger partial charge is 0.329 e. The number of imide groups is 1. The van der Waals surface area contributed by atoms with E-state index in [1.165, 1.54) is 4.57 Å². The molecule has 7 heteroatoms. The van der Waals surface area contributed by atoms with Crippen LogP contribution >= 0.6 is 0 Å². The number of hydrogen-bond acceptors (Lipinski definition) is 4. The standard InChI is InChI=1S/C14H14N4O3/c19-11-5-4-10(13(20)16-11)18-9-3-1-2-8-12(9)17(14(18)21)7-6-15-8/h1-3,10,15H,4-7H2,(H,16,19,20). The molecule has 0 saturated carbocycles. The zero-order valence-electron chi connectivity index (χ0n) is 11.3. The van der Waals surface area contributed by atoms with Crippen LogP contribution in [-0.4, -0.2) is 27.5 Å². The minimum atomic E-state index is -0.618. The topological polar surface area (TPSA) is 85.1 Å². The van der Waals surface area contributed by atoms with Crippen molar-refractivity contribution in [3.05, 3.63) is 28.7 Å². The molecule has 2 aliphatic rings. The summed E-state index contributed by atoms with van der Waals surface area (Å²) in [4.78, 5) is 36.0. The average molecular weight is 286 g/mol. The average Bonchev–Trinajstić information content (AvgIpc) is 2.75. The van der Waals surface area contributed by atoms with Gasteiger partial charge in [0, 0.05) is 19.5 Å². The van der Waals surface area contributed by atoms with Crippen molar-refractivity contribution in [3.8, 4) is 0 Å². The van der Waals surface area contributed by atoms with Crippen LogP contribution in [0.5, 0.6) is 0 Å². The fourth-order valence-corrected chi connectivity index (χ4v) is 3.22. The number of aromatic nitrogens is 2. The third kappa shape index (κ3) is 1.63. The van der Waals surface area contributed by atoms with Gasteiger partial charge in [-0.3, -0.25) is 24.0 Å². The van der Waals surface area contributed by atoms with Crippen LogP contribution in [0.25, 0.3) is 11.0 Å². The molecule has 4 rings (SSSR count). The van der Waals surface area contributed by atoms with Gasteiger partial charge in [-0.05, 0) is 18.6 Å². The lowest BCUT2D eigenvalue weighted by Crippen LogP contribution is -2.44. The molecule has 7 nitrogen and oxygen atoms in total. The maximum Gasteiger partial charge on any atom is 0.329 e. The van der Waals surface area contributed by atoms with E-state index in [1.54, 1.807) is 4.57 Å². The fourth-order valence-electron chi connectivity index (χ4n) is 3.22. The SMILES string of the molecule is O=C1CCC(n2c(=O)n3c4c(cccc42)NCC3)C(=O)N1. The highest BCUT2D eigenvalue weighted by atomic mass is 16.2. The van der Waals surface area contributed by atoms with Crippen LogP contribution in [0.4, 0.5) is 5.69 Å². The van der Waals surface area contributed by atoms with Gasteiger partial charge in [0.15, 0.2) is 0 Å². The van der Waals surface area contributed by atoms with E-state index >= 15 is 0 Å². The van der Waals surface area contributed by atoms with Gasteiger partial charge >= 0.3 is 5.69 Å². The third-order valence-corrected chi connectivity index (χ3v) is 4.15. The number of amides is 2. The molecule has 2 N–H and O–H groups in total. The van der Waals surface area contributed by atoms with Gasteiger partial charge in [0.2, 0.25) is 11.8 Å². The van der Waals surface area contributed by atoms with Gasteiger partial charge in [0.05, 0.1) is 16.7 Å². The molecule has 0 radical (unpaired) electrons. The van der Waals surface area contributed by atoms with E-state index < -0.39 is 11.9 Å². The zero-order chi connectivity index (χ0) is 14.6. The first-order valence-electron chi connectivity index (χ1n) is 6.98. The molecular weight excluding hydrogens is 272 g/mol. The highest BCUT2D eigenvalue weighted by Gasteiger charge is 2.32. The van der Waals surface area contributed by atoms with Gasteiger partial charge in [-0.15, -0.1) is 0 Å². The van der Waals surface area contributed by atoms with Gasteiger partial charge < -0.3 is 5.32 Å². The molecule has 21 heavy (non-hydrogen) atoms. The predicted octanol–water partition coefficient (Wildman–Crippen LogP) is 0.206. The summed E-state index contributed by atoms with van der Waals surface area (Å²) >= 11 is 0. The van der Waals surface area contributed by atoms with Crippen molar-refractivity contribution in [2.75, 3.05) is 11.9 Å². The summed E-state index contributed by atoms with van der Waals surface area (Å²) < 4.78 is 3.22. The number of rotatable bonds is 1. The number of carbonyl (C=O) groups is 2. The monoisotopic (exact) mass is 286 g/mol. The fraction of sp³-hybridized carbons (Fsp3) is 0.357. The second-order valence-corrected chi connectivity index (χ2v) is 5.37. The summed E-state index contributed by atoms with van der Waals surface area (Å²) in [6.45, 7) is 1.26. The van der Waals surface area contributed by atoms with Gasteiger partial charge in [-0.25, -0.2) is 4.79 Å². The van der Waals surface area contributed by atoms with Crippen molar-refractivity contribution in [3.63, 3.8) is 0 Å².